The van der Waals surface area contributed by atoms with Gasteiger partial charge in [0.15, 0.2) is 0 Å². The van der Waals surface area contributed by atoms with Crippen LogP contribution in [0, 0.1) is 11.3 Å². The quantitative estimate of drug-likeness (QED) is 0.796. The van der Waals surface area contributed by atoms with Crippen molar-refractivity contribution in [1.29, 1.82) is 0 Å². The zero-order valence-corrected chi connectivity index (χ0v) is 14.8. The molecule has 0 bridgehead atoms. The van der Waals surface area contributed by atoms with Crippen LogP contribution in [0.15, 0.2) is 29.2 Å². The van der Waals surface area contributed by atoms with Gasteiger partial charge in [0.2, 0.25) is 10.0 Å². The van der Waals surface area contributed by atoms with Crippen molar-refractivity contribution in [2.24, 2.45) is 11.3 Å². The van der Waals surface area contributed by atoms with Gasteiger partial charge in [0.05, 0.1) is 22.5 Å². The fourth-order valence-corrected chi connectivity index (χ4v) is 5.52. The summed E-state index contributed by atoms with van der Waals surface area (Å²) in [5, 5.41) is 9.62. The summed E-state index contributed by atoms with van der Waals surface area (Å²) in [5.41, 5.74) is -0.818. The number of nitrogens with zero attached hydrogens (tertiary/aromatic N) is 1. The van der Waals surface area contributed by atoms with Crippen LogP contribution >= 0.6 is 0 Å². The number of rotatable bonds is 5. The van der Waals surface area contributed by atoms with E-state index in [-0.39, 0.29) is 36.1 Å². The number of carbonyl (C=O) groups is 2. The third-order valence-electron chi connectivity index (χ3n) is 5.25. The van der Waals surface area contributed by atoms with Gasteiger partial charge in [-0.1, -0.05) is 12.5 Å². The van der Waals surface area contributed by atoms with E-state index in [2.05, 4.69) is 0 Å². The molecule has 2 atom stereocenters. The standard InChI is InChI=1S/C17H21NO6S/c1-2-24-15(19)12-5-3-7-14(9-12)25(22,23)18-10-13-6-4-8-17(13,11-18)16(20)21/h3,5,7,9,13H,2,4,6,8,10-11H2,1H3,(H,20,21)/t13-,17+/m0/s1. The summed E-state index contributed by atoms with van der Waals surface area (Å²) in [6.45, 7) is 2.06. The van der Waals surface area contributed by atoms with Crippen molar-refractivity contribution < 1.29 is 27.9 Å². The Balaban J connectivity index is 1.89. The molecule has 2 aliphatic rings. The fraction of sp³-hybridized carbons (Fsp3) is 0.529. The van der Waals surface area contributed by atoms with Gasteiger partial charge >= 0.3 is 11.9 Å². The van der Waals surface area contributed by atoms with E-state index >= 15 is 0 Å². The van der Waals surface area contributed by atoms with Crippen LogP contribution in [0.3, 0.4) is 0 Å². The lowest BCUT2D eigenvalue weighted by Crippen LogP contribution is -2.37. The second-order valence-corrected chi connectivity index (χ2v) is 8.53. The highest BCUT2D eigenvalue weighted by Crippen LogP contribution is 2.50. The number of carboxylic acid groups (broad SMARTS) is 1. The molecule has 2 fully saturated rings. The van der Waals surface area contributed by atoms with Crippen molar-refractivity contribution in [3.8, 4) is 0 Å². The largest absolute Gasteiger partial charge is 0.481 e. The normalized spacial score (nSPS) is 26.4. The average molecular weight is 367 g/mol. The van der Waals surface area contributed by atoms with Crippen molar-refractivity contribution in [2.75, 3.05) is 19.7 Å². The fourth-order valence-electron chi connectivity index (χ4n) is 3.92. The minimum absolute atomic E-state index is 0.0149. The van der Waals surface area contributed by atoms with E-state index in [1.165, 1.54) is 28.6 Å². The summed E-state index contributed by atoms with van der Waals surface area (Å²) >= 11 is 0. The molecule has 1 heterocycles. The molecule has 1 saturated carbocycles. The zero-order valence-electron chi connectivity index (χ0n) is 14.0. The molecule has 1 aliphatic heterocycles. The molecule has 0 aromatic heterocycles. The first kappa shape index (κ1) is 17.9. The summed E-state index contributed by atoms with van der Waals surface area (Å²) in [5.74, 6) is -1.67. The third-order valence-corrected chi connectivity index (χ3v) is 7.06. The molecule has 0 spiro atoms. The van der Waals surface area contributed by atoms with E-state index in [4.69, 9.17) is 4.74 Å². The Morgan fingerprint density at radius 3 is 2.80 bits per heavy atom. The lowest BCUT2D eigenvalue weighted by Gasteiger charge is -2.23. The molecular weight excluding hydrogens is 346 g/mol. The number of benzene rings is 1. The Morgan fingerprint density at radius 2 is 2.16 bits per heavy atom. The van der Waals surface area contributed by atoms with Crippen molar-refractivity contribution in [1.82, 2.24) is 4.31 Å². The van der Waals surface area contributed by atoms with Crippen molar-refractivity contribution >= 4 is 22.0 Å². The molecule has 7 nitrogen and oxygen atoms in total. The highest BCUT2D eigenvalue weighted by atomic mass is 32.2. The van der Waals surface area contributed by atoms with Crippen LogP contribution in [0.25, 0.3) is 0 Å². The Morgan fingerprint density at radius 1 is 1.40 bits per heavy atom. The van der Waals surface area contributed by atoms with Crippen LogP contribution in [0.1, 0.15) is 36.5 Å². The number of esters is 1. The molecule has 1 aromatic rings. The lowest BCUT2D eigenvalue weighted by atomic mass is 9.81. The number of carbonyl (C=O) groups excluding carboxylic acids is 1. The van der Waals surface area contributed by atoms with Crippen molar-refractivity contribution in [3.63, 3.8) is 0 Å². The van der Waals surface area contributed by atoms with Crippen LogP contribution in [0.5, 0.6) is 0 Å². The van der Waals surface area contributed by atoms with Gasteiger partial charge in [-0.05, 0) is 43.9 Å². The van der Waals surface area contributed by atoms with Gasteiger partial charge < -0.3 is 9.84 Å². The van der Waals surface area contributed by atoms with E-state index in [0.717, 1.165) is 12.8 Å². The maximum Gasteiger partial charge on any atom is 0.338 e. The molecule has 1 saturated heterocycles. The first-order valence-electron chi connectivity index (χ1n) is 8.32. The average Bonchev–Trinajstić information content (AvgIpc) is 3.14. The van der Waals surface area contributed by atoms with Gasteiger partial charge in [-0.25, -0.2) is 13.2 Å². The number of aliphatic carboxylic acids is 1. The lowest BCUT2D eigenvalue weighted by molar-refractivity contribution is -0.149. The molecule has 8 heteroatoms. The summed E-state index contributed by atoms with van der Waals surface area (Å²) in [6.07, 6.45) is 2.03. The van der Waals surface area contributed by atoms with Crippen LogP contribution < -0.4 is 0 Å². The number of carboxylic acids is 1. The van der Waals surface area contributed by atoms with E-state index in [9.17, 15) is 23.1 Å². The summed E-state index contributed by atoms with van der Waals surface area (Å²) in [7, 11) is -3.86. The molecular formula is C17H21NO6S. The first-order chi connectivity index (χ1) is 11.8. The van der Waals surface area contributed by atoms with E-state index < -0.39 is 27.4 Å². The Labute approximate surface area is 146 Å². The Kier molecular flexibility index (Phi) is 4.59. The molecule has 136 valence electrons. The molecule has 1 N–H and O–H groups in total. The van der Waals surface area contributed by atoms with E-state index in [1.54, 1.807) is 6.92 Å². The van der Waals surface area contributed by atoms with E-state index in [1.807, 2.05) is 0 Å². The topological polar surface area (TPSA) is 101 Å². The molecule has 0 unspecified atom stereocenters. The number of hydrogen-bond donors (Lipinski definition) is 1. The predicted molar refractivity (Wildman–Crippen MR) is 88.6 cm³/mol. The Hall–Kier alpha value is -1.93. The SMILES string of the molecule is CCOC(=O)c1cccc(S(=O)(=O)N2C[C@@H]3CCC[C@@]3(C(=O)O)C2)c1. The van der Waals surface area contributed by atoms with Crippen LogP contribution in [0.4, 0.5) is 0 Å². The second kappa shape index (κ2) is 6.42. The van der Waals surface area contributed by atoms with Crippen molar-refractivity contribution in [3.05, 3.63) is 29.8 Å². The van der Waals surface area contributed by atoms with Gasteiger partial charge in [-0.15, -0.1) is 0 Å². The minimum atomic E-state index is -3.86. The third kappa shape index (κ3) is 2.93. The van der Waals surface area contributed by atoms with Gasteiger partial charge in [0.25, 0.3) is 0 Å². The summed E-state index contributed by atoms with van der Waals surface area (Å²) in [6, 6.07) is 5.69. The molecule has 3 rings (SSSR count). The van der Waals surface area contributed by atoms with E-state index in [0.29, 0.717) is 6.42 Å². The van der Waals surface area contributed by atoms with Crippen LogP contribution in [-0.2, 0) is 19.6 Å². The van der Waals surface area contributed by atoms with Crippen LogP contribution in [-0.4, -0.2) is 49.5 Å². The number of hydrogen-bond acceptors (Lipinski definition) is 5. The van der Waals surface area contributed by atoms with Gasteiger partial charge in [-0.2, -0.15) is 4.31 Å². The monoisotopic (exact) mass is 367 g/mol. The second-order valence-electron chi connectivity index (χ2n) is 6.60. The van der Waals surface area contributed by atoms with Crippen LogP contribution in [0.2, 0.25) is 0 Å². The number of sulfonamides is 1. The van der Waals surface area contributed by atoms with Gasteiger partial charge in [0, 0.05) is 13.1 Å². The minimum Gasteiger partial charge on any atom is -0.481 e. The molecule has 0 radical (unpaired) electrons. The highest BCUT2D eigenvalue weighted by Gasteiger charge is 2.57. The Bertz CT molecular complexity index is 805. The van der Waals surface area contributed by atoms with Gasteiger partial charge in [0.1, 0.15) is 0 Å². The first-order valence-corrected chi connectivity index (χ1v) is 9.76. The summed E-state index contributed by atoms with van der Waals surface area (Å²) in [4.78, 5) is 23.6. The predicted octanol–water partition coefficient (Wildman–Crippen LogP) is 1.74. The zero-order chi connectivity index (χ0) is 18.2. The highest BCUT2D eigenvalue weighted by molar-refractivity contribution is 7.89. The molecule has 25 heavy (non-hydrogen) atoms. The molecule has 1 aliphatic carbocycles. The van der Waals surface area contributed by atoms with Gasteiger partial charge in [-0.3, -0.25) is 4.79 Å². The smallest absolute Gasteiger partial charge is 0.338 e. The maximum absolute atomic E-state index is 12.9. The number of ether oxygens (including phenoxy) is 1. The molecule has 0 amide bonds. The number of fused-ring (bicyclic) bond motifs is 1. The summed E-state index contributed by atoms with van der Waals surface area (Å²) < 4.78 is 32.0. The molecule has 1 aromatic carbocycles. The van der Waals surface area contributed by atoms with Crippen molar-refractivity contribution in [2.45, 2.75) is 31.1 Å². The maximum atomic E-state index is 12.9.